The van der Waals surface area contributed by atoms with Crippen LogP contribution in [-0.2, 0) is 4.75 Å². The molecule has 98 valence electrons. The fourth-order valence-electron chi connectivity index (χ4n) is 1.45. The van der Waals surface area contributed by atoms with Crippen molar-refractivity contribution in [3.05, 3.63) is 23.5 Å². The predicted octanol–water partition coefficient (Wildman–Crippen LogP) is 3.82. The molecular formula is C12H17N3OS2. The highest BCUT2D eigenvalue weighted by molar-refractivity contribution is 8.02. The third-order valence-electron chi connectivity index (χ3n) is 2.60. The summed E-state index contributed by atoms with van der Waals surface area (Å²) in [6, 6.07) is 0. The number of nitrogens with one attached hydrogen (secondary N) is 1. The minimum atomic E-state index is -0.198. The Kier molecular flexibility index (Phi) is 3.68. The van der Waals surface area contributed by atoms with Crippen molar-refractivity contribution in [1.82, 2.24) is 9.97 Å². The third kappa shape index (κ3) is 2.70. The average Bonchev–Trinajstić information content (AvgIpc) is 2.87. The first kappa shape index (κ1) is 13.4. The quantitative estimate of drug-likeness (QED) is 0.865. The van der Waals surface area contributed by atoms with Gasteiger partial charge in [-0.15, -0.1) is 0 Å². The molecule has 0 aliphatic rings. The Labute approximate surface area is 115 Å². The second-order valence-electron chi connectivity index (χ2n) is 4.51. The number of thiazole rings is 1. The molecule has 0 aliphatic carbocycles. The van der Waals surface area contributed by atoms with Gasteiger partial charge in [0, 0.05) is 7.05 Å². The van der Waals surface area contributed by atoms with E-state index < -0.39 is 0 Å². The lowest BCUT2D eigenvalue weighted by Gasteiger charge is -2.18. The summed E-state index contributed by atoms with van der Waals surface area (Å²) < 4.78 is 6.67. The summed E-state index contributed by atoms with van der Waals surface area (Å²) in [6.07, 6.45) is 1.88. The largest absolute Gasteiger partial charge is 0.444 e. The van der Waals surface area contributed by atoms with Crippen LogP contribution in [0.5, 0.6) is 0 Å². The first-order chi connectivity index (χ1) is 8.42. The third-order valence-corrected chi connectivity index (χ3v) is 4.90. The molecule has 0 bridgehead atoms. The van der Waals surface area contributed by atoms with Gasteiger partial charge in [0.25, 0.3) is 0 Å². The standard InChI is InChI=1S/C12H17N3OS2/c1-7-8(2)16-10(15-7)12(3,4)18-9-6-14-11(13-5)17-9/h6H,1-5H3,(H,13,14). The van der Waals surface area contributed by atoms with E-state index in [9.17, 15) is 0 Å². The van der Waals surface area contributed by atoms with Crippen LogP contribution in [0.3, 0.4) is 0 Å². The normalized spacial score (nSPS) is 11.8. The number of hydrogen-bond acceptors (Lipinski definition) is 6. The Hall–Kier alpha value is -1.01. The van der Waals surface area contributed by atoms with Crippen molar-refractivity contribution < 1.29 is 4.42 Å². The molecule has 0 radical (unpaired) electrons. The second-order valence-corrected chi connectivity index (χ2v) is 7.46. The predicted molar refractivity (Wildman–Crippen MR) is 76.5 cm³/mol. The molecule has 2 aromatic heterocycles. The molecule has 0 aliphatic heterocycles. The van der Waals surface area contributed by atoms with Crippen molar-refractivity contribution in [3.8, 4) is 0 Å². The van der Waals surface area contributed by atoms with Crippen LogP contribution >= 0.6 is 23.1 Å². The Morgan fingerprint density at radius 1 is 1.39 bits per heavy atom. The highest BCUT2D eigenvalue weighted by Crippen LogP contribution is 2.43. The van der Waals surface area contributed by atoms with Crippen LogP contribution in [0.25, 0.3) is 0 Å². The van der Waals surface area contributed by atoms with E-state index in [1.165, 1.54) is 0 Å². The zero-order valence-corrected chi connectivity index (χ0v) is 12.8. The maximum Gasteiger partial charge on any atom is 0.210 e. The Morgan fingerprint density at radius 2 is 2.11 bits per heavy atom. The Morgan fingerprint density at radius 3 is 2.61 bits per heavy atom. The Balaban J connectivity index is 2.20. The summed E-state index contributed by atoms with van der Waals surface area (Å²) in [5.41, 5.74) is 0.957. The highest BCUT2D eigenvalue weighted by atomic mass is 32.2. The molecule has 18 heavy (non-hydrogen) atoms. The molecule has 2 aromatic rings. The van der Waals surface area contributed by atoms with E-state index in [1.807, 2.05) is 27.1 Å². The lowest BCUT2D eigenvalue weighted by Crippen LogP contribution is -2.11. The molecule has 0 saturated heterocycles. The van der Waals surface area contributed by atoms with Gasteiger partial charge in [-0.2, -0.15) is 0 Å². The summed E-state index contributed by atoms with van der Waals surface area (Å²) in [7, 11) is 1.87. The minimum Gasteiger partial charge on any atom is -0.444 e. The lowest BCUT2D eigenvalue weighted by molar-refractivity contribution is 0.433. The molecule has 4 nitrogen and oxygen atoms in total. The fraction of sp³-hybridized carbons (Fsp3) is 0.500. The molecule has 2 heterocycles. The monoisotopic (exact) mass is 283 g/mol. The van der Waals surface area contributed by atoms with Crippen molar-refractivity contribution in [2.45, 2.75) is 36.7 Å². The van der Waals surface area contributed by atoms with Gasteiger partial charge in [0.15, 0.2) is 5.13 Å². The van der Waals surface area contributed by atoms with E-state index in [-0.39, 0.29) is 4.75 Å². The summed E-state index contributed by atoms with van der Waals surface area (Å²) in [4.78, 5) is 8.76. The number of hydrogen-bond donors (Lipinski definition) is 1. The molecule has 0 unspecified atom stereocenters. The van der Waals surface area contributed by atoms with Crippen LogP contribution in [0.1, 0.15) is 31.2 Å². The zero-order chi connectivity index (χ0) is 13.3. The summed E-state index contributed by atoms with van der Waals surface area (Å²) in [6.45, 7) is 8.13. The van der Waals surface area contributed by atoms with E-state index in [0.29, 0.717) is 0 Å². The molecule has 6 heteroatoms. The molecule has 0 aromatic carbocycles. The topological polar surface area (TPSA) is 51.0 Å². The molecule has 0 spiro atoms. The lowest BCUT2D eigenvalue weighted by atomic mass is 10.2. The number of aromatic nitrogens is 2. The van der Waals surface area contributed by atoms with Crippen molar-refractivity contribution >= 4 is 28.2 Å². The van der Waals surface area contributed by atoms with Crippen LogP contribution in [0, 0.1) is 13.8 Å². The van der Waals surface area contributed by atoms with Crippen LogP contribution in [-0.4, -0.2) is 17.0 Å². The van der Waals surface area contributed by atoms with Crippen LogP contribution in [0.2, 0.25) is 0 Å². The van der Waals surface area contributed by atoms with Crippen molar-refractivity contribution in [1.29, 1.82) is 0 Å². The van der Waals surface area contributed by atoms with Gasteiger partial charge in [0.1, 0.15) is 5.76 Å². The van der Waals surface area contributed by atoms with Crippen molar-refractivity contribution in [2.24, 2.45) is 0 Å². The second kappa shape index (κ2) is 4.93. The van der Waals surface area contributed by atoms with E-state index >= 15 is 0 Å². The Bertz CT molecular complexity index is 526. The number of oxazole rings is 1. The van der Waals surface area contributed by atoms with Gasteiger partial charge in [-0.1, -0.05) is 23.1 Å². The molecule has 0 amide bonds. The van der Waals surface area contributed by atoms with Gasteiger partial charge in [-0.3, -0.25) is 0 Å². The van der Waals surface area contributed by atoms with Crippen LogP contribution < -0.4 is 5.32 Å². The van der Waals surface area contributed by atoms with E-state index in [4.69, 9.17) is 4.42 Å². The van der Waals surface area contributed by atoms with E-state index in [1.54, 1.807) is 23.1 Å². The molecule has 0 fully saturated rings. The maximum atomic E-state index is 5.72. The van der Waals surface area contributed by atoms with E-state index in [2.05, 4.69) is 29.1 Å². The van der Waals surface area contributed by atoms with Gasteiger partial charge in [-0.05, 0) is 27.7 Å². The molecule has 1 N–H and O–H groups in total. The summed E-state index contributed by atoms with van der Waals surface area (Å²) >= 11 is 3.35. The van der Waals surface area contributed by atoms with Gasteiger partial charge < -0.3 is 9.73 Å². The van der Waals surface area contributed by atoms with Crippen LogP contribution in [0.15, 0.2) is 14.8 Å². The first-order valence-electron chi connectivity index (χ1n) is 5.69. The number of thioether (sulfide) groups is 1. The number of aryl methyl sites for hydroxylation is 2. The summed E-state index contributed by atoms with van der Waals surface area (Å²) in [5, 5.41) is 3.97. The van der Waals surface area contributed by atoms with Crippen LogP contribution in [0.4, 0.5) is 5.13 Å². The number of nitrogens with zero attached hydrogens (tertiary/aromatic N) is 2. The van der Waals surface area contributed by atoms with Crippen molar-refractivity contribution in [2.75, 3.05) is 12.4 Å². The van der Waals surface area contributed by atoms with E-state index in [0.717, 1.165) is 26.7 Å². The highest BCUT2D eigenvalue weighted by Gasteiger charge is 2.29. The smallest absolute Gasteiger partial charge is 0.210 e. The maximum absolute atomic E-state index is 5.72. The zero-order valence-electron chi connectivity index (χ0n) is 11.2. The molecule has 0 atom stereocenters. The molecular weight excluding hydrogens is 266 g/mol. The fourth-order valence-corrected chi connectivity index (χ4v) is 3.76. The van der Waals surface area contributed by atoms with Gasteiger partial charge in [0.2, 0.25) is 5.89 Å². The average molecular weight is 283 g/mol. The van der Waals surface area contributed by atoms with Crippen molar-refractivity contribution in [3.63, 3.8) is 0 Å². The number of anilines is 1. The SMILES string of the molecule is CNc1ncc(SC(C)(C)c2nc(C)c(C)o2)s1. The number of rotatable bonds is 4. The van der Waals surface area contributed by atoms with Gasteiger partial charge in [0.05, 0.1) is 20.8 Å². The molecule has 0 saturated carbocycles. The van der Waals surface area contributed by atoms with Gasteiger partial charge in [-0.25, -0.2) is 9.97 Å². The minimum absolute atomic E-state index is 0.198. The van der Waals surface area contributed by atoms with Gasteiger partial charge >= 0.3 is 0 Å². The first-order valence-corrected chi connectivity index (χ1v) is 7.33. The summed E-state index contributed by atoms with van der Waals surface area (Å²) in [5.74, 6) is 1.65. The molecule has 2 rings (SSSR count).